The van der Waals surface area contributed by atoms with E-state index in [-0.39, 0.29) is 18.2 Å². The molecule has 8 heteroatoms. The molecule has 0 aliphatic carbocycles. The van der Waals surface area contributed by atoms with Crippen molar-refractivity contribution in [2.75, 3.05) is 32.4 Å². The molecule has 1 aliphatic rings. The first-order valence-electron chi connectivity index (χ1n) is 7.34. The lowest BCUT2D eigenvalue weighted by Gasteiger charge is -2.18. The standard InChI is InChI=1S/C13H25N3O4S/c1-4-8-16-12(17)10-11(13(16)18)14-7-6-9-15(5-2)21(3,19)20/h11,14H,4-10H2,1-3H3. The van der Waals surface area contributed by atoms with Crippen LogP contribution in [0.25, 0.3) is 0 Å². The number of carbonyl (C=O) groups excluding carboxylic acids is 2. The highest BCUT2D eigenvalue weighted by Gasteiger charge is 2.37. The molecule has 1 heterocycles. The Morgan fingerprint density at radius 2 is 2.00 bits per heavy atom. The van der Waals surface area contributed by atoms with Crippen LogP contribution in [0.15, 0.2) is 0 Å². The average molecular weight is 319 g/mol. The number of imide groups is 1. The van der Waals surface area contributed by atoms with Crippen LogP contribution >= 0.6 is 0 Å². The Morgan fingerprint density at radius 1 is 1.33 bits per heavy atom. The van der Waals surface area contributed by atoms with Gasteiger partial charge in [-0.3, -0.25) is 14.5 Å². The molecule has 1 aliphatic heterocycles. The Kier molecular flexibility index (Phi) is 6.76. The van der Waals surface area contributed by atoms with Gasteiger partial charge in [0.25, 0.3) is 0 Å². The van der Waals surface area contributed by atoms with Crippen molar-refractivity contribution in [1.29, 1.82) is 0 Å². The SMILES string of the molecule is CCCN1C(=O)CC(NCCCN(CC)S(C)(=O)=O)C1=O. The molecule has 0 aromatic carbocycles. The number of sulfonamides is 1. The van der Waals surface area contributed by atoms with Gasteiger partial charge >= 0.3 is 0 Å². The van der Waals surface area contributed by atoms with Gasteiger partial charge in [0.05, 0.1) is 18.7 Å². The second-order valence-corrected chi connectivity index (χ2v) is 7.19. The number of hydrogen-bond acceptors (Lipinski definition) is 5. The molecule has 2 amide bonds. The maximum absolute atomic E-state index is 12.0. The molecular formula is C13H25N3O4S. The van der Waals surface area contributed by atoms with Gasteiger partial charge < -0.3 is 5.32 Å². The molecule has 0 saturated carbocycles. The smallest absolute Gasteiger partial charge is 0.246 e. The predicted molar refractivity (Wildman–Crippen MR) is 80.1 cm³/mol. The quantitative estimate of drug-likeness (QED) is 0.469. The fourth-order valence-corrected chi connectivity index (χ4v) is 3.32. The summed E-state index contributed by atoms with van der Waals surface area (Å²) in [5.41, 5.74) is 0. The summed E-state index contributed by atoms with van der Waals surface area (Å²) in [5, 5.41) is 3.05. The van der Waals surface area contributed by atoms with Crippen LogP contribution in [0.2, 0.25) is 0 Å². The minimum absolute atomic E-state index is 0.134. The third kappa shape index (κ3) is 5.05. The van der Waals surface area contributed by atoms with Crippen molar-refractivity contribution in [2.24, 2.45) is 0 Å². The molecule has 1 rings (SSSR count). The van der Waals surface area contributed by atoms with Crippen molar-refractivity contribution in [3.8, 4) is 0 Å². The number of nitrogens with zero attached hydrogens (tertiary/aromatic N) is 2. The van der Waals surface area contributed by atoms with Crippen LogP contribution in [-0.4, -0.2) is 67.9 Å². The minimum atomic E-state index is -3.17. The normalized spacial score (nSPS) is 19.8. The van der Waals surface area contributed by atoms with E-state index in [0.717, 1.165) is 6.42 Å². The van der Waals surface area contributed by atoms with Crippen LogP contribution in [0.3, 0.4) is 0 Å². The van der Waals surface area contributed by atoms with Gasteiger partial charge in [0, 0.05) is 19.6 Å². The Labute approximate surface area is 126 Å². The van der Waals surface area contributed by atoms with E-state index in [1.165, 1.54) is 15.5 Å². The third-order valence-corrected chi connectivity index (χ3v) is 4.87. The molecule has 0 aromatic heterocycles. The summed E-state index contributed by atoms with van der Waals surface area (Å²) in [6, 6.07) is -0.461. The largest absolute Gasteiger partial charge is 0.305 e. The van der Waals surface area contributed by atoms with E-state index in [1.54, 1.807) is 6.92 Å². The minimum Gasteiger partial charge on any atom is -0.305 e. The Hall–Kier alpha value is -0.990. The number of amides is 2. The van der Waals surface area contributed by atoms with Crippen molar-refractivity contribution in [2.45, 2.75) is 39.2 Å². The van der Waals surface area contributed by atoms with Gasteiger partial charge in [-0.1, -0.05) is 13.8 Å². The lowest BCUT2D eigenvalue weighted by atomic mass is 10.2. The zero-order valence-corrected chi connectivity index (χ0v) is 13.8. The molecule has 1 saturated heterocycles. The fourth-order valence-electron chi connectivity index (χ4n) is 2.39. The molecule has 0 bridgehead atoms. The summed E-state index contributed by atoms with van der Waals surface area (Å²) in [5.74, 6) is -0.303. The van der Waals surface area contributed by atoms with Crippen LogP contribution in [0.5, 0.6) is 0 Å². The van der Waals surface area contributed by atoms with Crippen LogP contribution in [0, 0.1) is 0 Å². The number of hydrogen-bond donors (Lipinski definition) is 1. The summed E-state index contributed by atoms with van der Waals surface area (Å²) in [6.45, 7) is 5.53. The van der Waals surface area contributed by atoms with Crippen LogP contribution < -0.4 is 5.32 Å². The van der Waals surface area contributed by atoms with E-state index >= 15 is 0 Å². The van der Waals surface area contributed by atoms with Crippen molar-refractivity contribution in [1.82, 2.24) is 14.5 Å². The Bertz CT molecular complexity index is 478. The second-order valence-electron chi connectivity index (χ2n) is 5.20. The second kappa shape index (κ2) is 7.86. The molecular weight excluding hydrogens is 294 g/mol. The molecule has 1 N–H and O–H groups in total. The Balaban J connectivity index is 2.37. The molecule has 0 radical (unpaired) electrons. The van der Waals surface area contributed by atoms with Gasteiger partial charge in [-0.2, -0.15) is 0 Å². The highest BCUT2D eigenvalue weighted by atomic mass is 32.2. The third-order valence-electron chi connectivity index (χ3n) is 3.49. The van der Waals surface area contributed by atoms with Gasteiger partial charge in [0.2, 0.25) is 21.8 Å². The lowest BCUT2D eigenvalue weighted by Crippen LogP contribution is -2.40. The van der Waals surface area contributed by atoms with E-state index in [9.17, 15) is 18.0 Å². The highest BCUT2D eigenvalue weighted by Crippen LogP contribution is 2.13. The zero-order chi connectivity index (χ0) is 16.0. The fraction of sp³-hybridized carbons (Fsp3) is 0.846. The first kappa shape index (κ1) is 18.1. The lowest BCUT2D eigenvalue weighted by molar-refractivity contribution is -0.138. The van der Waals surface area contributed by atoms with E-state index in [4.69, 9.17) is 0 Å². The van der Waals surface area contributed by atoms with Crippen molar-refractivity contribution < 1.29 is 18.0 Å². The summed E-state index contributed by atoms with van der Waals surface area (Å²) >= 11 is 0. The van der Waals surface area contributed by atoms with Crippen LogP contribution in [-0.2, 0) is 19.6 Å². The molecule has 7 nitrogen and oxygen atoms in total. The van der Waals surface area contributed by atoms with Crippen LogP contribution in [0.1, 0.15) is 33.1 Å². The number of likely N-dealkylation sites (tertiary alicyclic amines) is 1. The zero-order valence-electron chi connectivity index (χ0n) is 13.0. The van der Waals surface area contributed by atoms with E-state index in [2.05, 4.69) is 5.32 Å². The number of rotatable bonds is 9. The van der Waals surface area contributed by atoms with E-state index < -0.39 is 16.1 Å². The van der Waals surface area contributed by atoms with E-state index in [1.807, 2.05) is 6.92 Å². The maximum Gasteiger partial charge on any atom is 0.246 e. The molecule has 21 heavy (non-hydrogen) atoms. The van der Waals surface area contributed by atoms with Gasteiger partial charge in [0.1, 0.15) is 0 Å². The Morgan fingerprint density at radius 3 is 2.52 bits per heavy atom. The van der Waals surface area contributed by atoms with Gasteiger partial charge in [0.15, 0.2) is 0 Å². The number of carbonyl (C=O) groups is 2. The van der Waals surface area contributed by atoms with Gasteiger partial charge in [-0.05, 0) is 19.4 Å². The summed E-state index contributed by atoms with van der Waals surface area (Å²) in [4.78, 5) is 25.0. The van der Waals surface area contributed by atoms with Crippen molar-refractivity contribution in [3.05, 3.63) is 0 Å². The van der Waals surface area contributed by atoms with Crippen LogP contribution in [0.4, 0.5) is 0 Å². The average Bonchev–Trinajstić information content (AvgIpc) is 2.65. The molecule has 1 fully saturated rings. The molecule has 0 aromatic rings. The predicted octanol–water partition coefficient (Wildman–Crippen LogP) is -0.215. The first-order valence-corrected chi connectivity index (χ1v) is 9.18. The van der Waals surface area contributed by atoms with Gasteiger partial charge in [-0.15, -0.1) is 0 Å². The van der Waals surface area contributed by atoms with Crippen molar-refractivity contribution >= 4 is 21.8 Å². The molecule has 122 valence electrons. The molecule has 1 unspecified atom stereocenters. The maximum atomic E-state index is 12.0. The van der Waals surface area contributed by atoms with E-state index in [0.29, 0.717) is 32.6 Å². The molecule has 1 atom stereocenters. The molecule has 0 spiro atoms. The number of nitrogens with one attached hydrogen (secondary N) is 1. The first-order chi connectivity index (χ1) is 9.81. The summed E-state index contributed by atoms with van der Waals surface area (Å²) in [7, 11) is -3.17. The topological polar surface area (TPSA) is 86.8 Å². The van der Waals surface area contributed by atoms with Crippen molar-refractivity contribution in [3.63, 3.8) is 0 Å². The van der Waals surface area contributed by atoms with Gasteiger partial charge in [-0.25, -0.2) is 12.7 Å². The summed E-state index contributed by atoms with van der Waals surface area (Å²) in [6.07, 6.45) is 2.74. The summed E-state index contributed by atoms with van der Waals surface area (Å²) < 4.78 is 24.2. The highest BCUT2D eigenvalue weighted by molar-refractivity contribution is 7.88. The monoisotopic (exact) mass is 319 g/mol.